The summed E-state index contributed by atoms with van der Waals surface area (Å²) in [6.45, 7) is 3.46. The lowest BCUT2D eigenvalue weighted by Gasteiger charge is -2.41. The zero-order valence-corrected chi connectivity index (χ0v) is 9.12. The van der Waals surface area contributed by atoms with Crippen LogP contribution in [0.15, 0.2) is 4.42 Å². The zero-order valence-electron chi connectivity index (χ0n) is 9.12. The third-order valence-corrected chi connectivity index (χ3v) is 3.42. The van der Waals surface area contributed by atoms with Crippen LogP contribution in [0.5, 0.6) is 0 Å². The van der Waals surface area contributed by atoms with Crippen molar-refractivity contribution in [1.29, 1.82) is 0 Å². The number of rotatable bonds is 5. The van der Waals surface area contributed by atoms with Crippen LogP contribution in [0.3, 0.4) is 0 Å². The molecule has 1 fully saturated rings. The van der Waals surface area contributed by atoms with Crippen LogP contribution in [-0.2, 0) is 6.54 Å². The van der Waals surface area contributed by atoms with Gasteiger partial charge < -0.3 is 15.5 Å². The van der Waals surface area contributed by atoms with Crippen LogP contribution < -0.4 is 11.1 Å². The Labute approximate surface area is 89.4 Å². The van der Waals surface area contributed by atoms with E-state index >= 15 is 0 Å². The van der Waals surface area contributed by atoms with Gasteiger partial charge in [-0.3, -0.25) is 0 Å². The Bertz CT molecular complexity index is 313. The Morgan fingerprint density at radius 2 is 2.27 bits per heavy atom. The maximum absolute atomic E-state index is 5.38. The van der Waals surface area contributed by atoms with Crippen LogP contribution in [0.1, 0.15) is 38.5 Å². The molecule has 0 amide bonds. The van der Waals surface area contributed by atoms with Crippen molar-refractivity contribution >= 4 is 6.01 Å². The van der Waals surface area contributed by atoms with E-state index in [-0.39, 0.29) is 0 Å². The molecule has 2 rings (SSSR count). The zero-order chi connectivity index (χ0) is 10.7. The van der Waals surface area contributed by atoms with Crippen molar-refractivity contribution in [1.82, 2.24) is 10.2 Å². The first-order chi connectivity index (χ1) is 7.28. The van der Waals surface area contributed by atoms with Gasteiger partial charge in [0.25, 0.3) is 0 Å². The summed E-state index contributed by atoms with van der Waals surface area (Å²) in [5, 5.41) is 10.9. The summed E-state index contributed by atoms with van der Waals surface area (Å²) >= 11 is 0. The highest BCUT2D eigenvalue weighted by Gasteiger charge is 2.35. The van der Waals surface area contributed by atoms with Gasteiger partial charge in [-0.2, -0.15) is 0 Å². The molecule has 0 radical (unpaired) electrons. The van der Waals surface area contributed by atoms with Gasteiger partial charge in [-0.15, -0.1) is 5.10 Å². The minimum Gasteiger partial charge on any atom is -0.407 e. The maximum atomic E-state index is 5.38. The Morgan fingerprint density at radius 3 is 2.73 bits per heavy atom. The lowest BCUT2D eigenvalue weighted by molar-refractivity contribution is 0.144. The Hall–Kier alpha value is -1.10. The van der Waals surface area contributed by atoms with E-state index in [0.29, 0.717) is 23.9 Å². The Kier molecular flexibility index (Phi) is 2.90. The SMILES string of the molecule is CCC1(CNc2nnc(CN)o2)CCC1. The number of nitrogens with one attached hydrogen (secondary N) is 1. The van der Waals surface area contributed by atoms with E-state index in [9.17, 15) is 0 Å². The molecule has 0 spiro atoms. The van der Waals surface area contributed by atoms with Crippen LogP contribution in [0.25, 0.3) is 0 Å². The molecule has 0 unspecified atom stereocenters. The molecule has 1 saturated carbocycles. The molecule has 0 aliphatic heterocycles. The average molecular weight is 210 g/mol. The molecule has 1 aliphatic rings. The quantitative estimate of drug-likeness (QED) is 0.770. The van der Waals surface area contributed by atoms with Gasteiger partial charge in [-0.05, 0) is 24.7 Å². The summed E-state index contributed by atoms with van der Waals surface area (Å²) in [7, 11) is 0. The predicted molar refractivity (Wildman–Crippen MR) is 57.3 cm³/mol. The largest absolute Gasteiger partial charge is 0.407 e. The van der Waals surface area contributed by atoms with Crippen LogP contribution in [0.4, 0.5) is 6.01 Å². The van der Waals surface area contributed by atoms with E-state index in [1.165, 1.54) is 25.7 Å². The predicted octanol–water partition coefficient (Wildman–Crippen LogP) is 1.52. The smallest absolute Gasteiger partial charge is 0.315 e. The van der Waals surface area contributed by atoms with Gasteiger partial charge in [0.05, 0.1) is 6.54 Å². The lowest BCUT2D eigenvalue weighted by atomic mass is 9.67. The second-order valence-corrected chi connectivity index (χ2v) is 4.27. The van der Waals surface area contributed by atoms with Gasteiger partial charge >= 0.3 is 6.01 Å². The maximum Gasteiger partial charge on any atom is 0.315 e. The highest BCUT2D eigenvalue weighted by Crippen LogP contribution is 2.43. The number of aromatic nitrogens is 2. The molecule has 1 aromatic heterocycles. The molecule has 1 aliphatic carbocycles. The third kappa shape index (κ3) is 2.12. The van der Waals surface area contributed by atoms with E-state index < -0.39 is 0 Å². The molecule has 84 valence electrons. The van der Waals surface area contributed by atoms with Crippen molar-refractivity contribution in [2.45, 2.75) is 39.2 Å². The fraction of sp³-hybridized carbons (Fsp3) is 0.800. The first-order valence-corrected chi connectivity index (χ1v) is 5.54. The van der Waals surface area contributed by atoms with Gasteiger partial charge in [0.1, 0.15) is 0 Å². The number of nitrogens with two attached hydrogens (primary N) is 1. The van der Waals surface area contributed by atoms with Gasteiger partial charge in [-0.25, -0.2) is 0 Å². The monoisotopic (exact) mass is 210 g/mol. The number of anilines is 1. The van der Waals surface area contributed by atoms with Crippen molar-refractivity contribution in [3.8, 4) is 0 Å². The van der Waals surface area contributed by atoms with Crippen molar-refractivity contribution in [3.05, 3.63) is 5.89 Å². The van der Waals surface area contributed by atoms with E-state index in [1.54, 1.807) is 0 Å². The first-order valence-electron chi connectivity index (χ1n) is 5.54. The minimum absolute atomic E-state index is 0.299. The summed E-state index contributed by atoms with van der Waals surface area (Å²) in [6, 6.07) is 0.496. The van der Waals surface area contributed by atoms with Crippen molar-refractivity contribution in [3.63, 3.8) is 0 Å². The summed E-state index contributed by atoms with van der Waals surface area (Å²) in [6.07, 6.45) is 5.15. The standard InChI is InChI=1S/C10H18N4O/c1-2-10(4-3-5-10)7-12-9-14-13-8(6-11)15-9/h2-7,11H2,1H3,(H,12,14). The van der Waals surface area contributed by atoms with Gasteiger partial charge in [0.2, 0.25) is 5.89 Å². The molecule has 1 heterocycles. The number of hydrogen-bond donors (Lipinski definition) is 2. The van der Waals surface area contributed by atoms with Crippen molar-refractivity contribution in [2.24, 2.45) is 11.1 Å². The summed E-state index contributed by atoms with van der Waals surface area (Å²) in [5.41, 5.74) is 5.84. The highest BCUT2D eigenvalue weighted by atomic mass is 16.4. The average Bonchev–Trinajstić information content (AvgIpc) is 2.65. The van der Waals surface area contributed by atoms with Gasteiger partial charge in [0.15, 0.2) is 0 Å². The Balaban J connectivity index is 1.86. The Morgan fingerprint density at radius 1 is 1.47 bits per heavy atom. The van der Waals surface area contributed by atoms with E-state index in [4.69, 9.17) is 10.2 Å². The molecule has 15 heavy (non-hydrogen) atoms. The van der Waals surface area contributed by atoms with Crippen LogP contribution in [0.2, 0.25) is 0 Å². The van der Waals surface area contributed by atoms with E-state index in [1.807, 2.05) is 0 Å². The fourth-order valence-electron chi connectivity index (χ4n) is 2.00. The number of nitrogens with zero attached hydrogens (tertiary/aromatic N) is 2. The molecule has 3 N–H and O–H groups in total. The van der Waals surface area contributed by atoms with Gasteiger partial charge in [-0.1, -0.05) is 18.4 Å². The molecule has 0 saturated heterocycles. The van der Waals surface area contributed by atoms with Crippen LogP contribution in [0, 0.1) is 5.41 Å². The minimum atomic E-state index is 0.299. The molecular weight excluding hydrogens is 192 g/mol. The second kappa shape index (κ2) is 4.18. The second-order valence-electron chi connectivity index (χ2n) is 4.27. The molecular formula is C10H18N4O. The topological polar surface area (TPSA) is 77.0 Å². The van der Waals surface area contributed by atoms with Crippen molar-refractivity contribution in [2.75, 3.05) is 11.9 Å². The normalized spacial score (nSPS) is 18.5. The van der Waals surface area contributed by atoms with Crippen LogP contribution in [-0.4, -0.2) is 16.7 Å². The van der Waals surface area contributed by atoms with Crippen molar-refractivity contribution < 1.29 is 4.42 Å². The molecule has 5 nitrogen and oxygen atoms in total. The molecule has 0 atom stereocenters. The summed E-state index contributed by atoms with van der Waals surface area (Å²) in [4.78, 5) is 0. The highest BCUT2D eigenvalue weighted by molar-refractivity contribution is 5.18. The molecule has 5 heteroatoms. The van der Waals surface area contributed by atoms with E-state index in [0.717, 1.165) is 6.54 Å². The summed E-state index contributed by atoms with van der Waals surface area (Å²) < 4.78 is 5.28. The lowest BCUT2D eigenvalue weighted by Crippen LogP contribution is -2.35. The first kappa shape index (κ1) is 10.4. The fourth-order valence-corrected chi connectivity index (χ4v) is 2.00. The molecule has 1 aromatic rings. The summed E-state index contributed by atoms with van der Waals surface area (Å²) in [5.74, 6) is 0.483. The third-order valence-electron chi connectivity index (χ3n) is 3.42. The van der Waals surface area contributed by atoms with Crippen LogP contribution >= 0.6 is 0 Å². The van der Waals surface area contributed by atoms with Gasteiger partial charge in [0, 0.05) is 6.54 Å². The number of hydrogen-bond acceptors (Lipinski definition) is 5. The molecule has 0 bridgehead atoms. The molecule has 0 aromatic carbocycles. The van der Waals surface area contributed by atoms with E-state index in [2.05, 4.69) is 22.4 Å².